The first-order valence-corrected chi connectivity index (χ1v) is 32.5. The van der Waals surface area contributed by atoms with E-state index in [2.05, 4.69) is 19.2 Å². The predicted molar refractivity (Wildman–Crippen MR) is 310 cm³/mol. The van der Waals surface area contributed by atoms with Crippen molar-refractivity contribution in [2.24, 2.45) is 0 Å². The lowest BCUT2D eigenvalue weighted by atomic mass is 10.0. The van der Waals surface area contributed by atoms with E-state index in [9.17, 15) is 19.8 Å². The van der Waals surface area contributed by atoms with Gasteiger partial charge in [-0.1, -0.05) is 334 Å². The fraction of sp³-hybridized carbons (Fsp3) is 0.938. The quantitative estimate of drug-likeness (QED) is 0.0320. The lowest BCUT2D eigenvalue weighted by Gasteiger charge is -2.20. The molecule has 6 nitrogen and oxygen atoms in total. The number of amides is 1. The standard InChI is InChI=1S/C65H127NO5/c1-3-5-7-9-11-13-15-17-19-21-23-24-25-27-28-30-33-37-41-45-49-53-57-63(68)62(61-67)66-64(69)58-54-50-46-42-38-34-32-36-40-44-48-52-56-60-71-65(70)59-55-51-47-43-39-35-31-29-26-22-20-18-16-14-12-10-8-6-4-2/h53,57,62-63,67-68H,3-52,54-56,58-61H2,1-2H3,(H,66,69)/b57-53+. The van der Waals surface area contributed by atoms with Crippen LogP contribution in [-0.4, -0.2) is 47.4 Å². The van der Waals surface area contributed by atoms with Crippen molar-refractivity contribution < 1.29 is 24.5 Å². The first-order valence-electron chi connectivity index (χ1n) is 32.5. The van der Waals surface area contributed by atoms with Crippen LogP contribution in [0.3, 0.4) is 0 Å². The van der Waals surface area contributed by atoms with Crippen molar-refractivity contribution >= 4 is 11.9 Å². The number of allylic oxidation sites excluding steroid dienone is 1. The van der Waals surface area contributed by atoms with Crippen LogP contribution in [0.15, 0.2) is 12.2 Å². The minimum atomic E-state index is -0.853. The van der Waals surface area contributed by atoms with Gasteiger partial charge in [0.1, 0.15) is 0 Å². The highest BCUT2D eigenvalue weighted by atomic mass is 16.5. The topological polar surface area (TPSA) is 95.9 Å². The number of esters is 1. The smallest absolute Gasteiger partial charge is 0.305 e. The number of carbonyl (C=O) groups excluding carboxylic acids is 2. The second-order valence-electron chi connectivity index (χ2n) is 22.5. The Bertz CT molecular complexity index is 1060. The molecule has 0 aliphatic heterocycles. The molecule has 0 aromatic heterocycles. The van der Waals surface area contributed by atoms with Gasteiger partial charge in [0.05, 0.1) is 25.4 Å². The van der Waals surface area contributed by atoms with E-state index in [0.717, 1.165) is 57.8 Å². The largest absolute Gasteiger partial charge is 0.466 e. The maximum Gasteiger partial charge on any atom is 0.305 e. The fourth-order valence-electron chi connectivity index (χ4n) is 10.3. The summed E-state index contributed by atoms with van der Waals surface area (Å²) in [5, 5.41) is 23.2. The summed E-state index contributed by atoms with van der Waals surface area (Å²) in [6, 6.07) is -0.638. The van der Waals surface area contributed by atoms with Crippen LogP contribution in [0, 0.1) is 0 Å². The Morgan fingerprint density at radius 1 is 0.380 bits per heavy atom. The highest BCUT2D eigenvalue weighted by molar-refractivity contribution is 5.76. The van der Waals surface area contributed by atoms with Crippen molar-refractivity contribution in [1.82, 2.24) is 5.32 Å². The van der Waals surface area contributed by atoms with Gasteiger partial charge in [0.2, 0.25) is 5.91 Å². The zero-order chi connectivity index (χ0) is 51.4. The minimum Gasteiger partial charge on any atom is -0.466 e. The predicted octanol–water partition coefficient (Wildman–Crippen LogP) is 20.4. The molecule has 0 rings (SSSR count). The zero-order valence-electron chi connectivity index (χ0n) is 48.2. The summed E-state index contributed by atoms with van der Waals surface area (Å²) in [5.41, 5.74) is 0. The first-order chi connectivity index (χ1) is 35.0. The number of ether oxygens (including phenoxy) is 1. The Balaban J connectivity index is 3.44. The number of hydrogen-bond donors (Lipinski definition) is 3. The lowest BCUT2D eigenvalue weighted by Crippen LogP contribution is -2.45. The molecular weight excluding hydrogens is 875 g/mol. The van der Waals surface area contributed by atoms with Gasteiger partial charge in [-0.05, 0) is 32.1 Å². The Hall–Kier alpha value is -1.40. The minimum absolute atomic E-state index is 0.000808. The van der Waals surface area contributed by atoms with Crippen LogP contribution in [0.5, 0.6) is 0 Å². The van der Waals surface area contributed by atoms with Crippen LogP contribution in [0.2, 0.25) is 0 Å². The second kappa shape index (κ2) is 61.1. The van der Waals surface area contributed by atoms with Crippen LogP contribution in [-0.2, 0) is 14.3 Å². The Labute approximate surface area is 444 Å². The number of aliphatic hydroxyl groups excluding tert-OH is 2. The van der Waals surface area contributed by atoms with E-state index >= 15 is 0 Å². The van der Waals surface area contributed by atoms with E-state index in [0.29, 0.717) is 19.4 Å². The summed E-state index contributed by atoms with van der Waals surface area (Å²) < 4.78 is 5.50. The molecule has 422 valence electrons. The van der Waals surface area contributed by atoms with E-state index in [1.54, 1.807) is 6.08 Å². The number of hydrogen-bond acceptors (Lipinski definition) is 5. The van der Waals surface area contributed by atoms with Crippen molar-refractivity contribution in [3.8, 4) is 0 Å². The molecule has 0 saturated heterocycles. The second-order valence-corrected chi connectivity index (χ2v) is 22.5. The molecular formula is C65H127NO5. The molecule has 0 spiro atoms. The maximum absolute atomic E-state index is 12.5. The average molecular weight is 1000 g/mol. The third kappa shape index (κ3) is 57.7. The van der Waals surface area contributed by atoms with Crippen molar-refractivity contribution in [2.45, 2.75) is 379 Å². The molecule has 0 aliphatic carbocycles. The Kier molecular flexibility index (Phi) is 59.9. The third-order valence-electron chi connectivity index (χ3n) is 15.3. The molecule has 2 unspecified atom stereocenters. The summed E-state index contributed by atoms with van der Waals surface area (Å²) in [7, 11) is 0. The van der Waals surface area contributed by atoms with E-state index < -0.39 is 12.1 Å². The Morgan fingerprint density at radius 2 is 0.648 bits per heavy atom. The van der Waals surface area contributed by atoms with E-state index in [-0.39, 0.29) is 18.5 Å². The SMILES string of the molecule is CCCCCCCCCCCCCCCCCCCCCC/C=C/C(O)C(CO)NC(=O)CCCCCCCCCCCCCCCOC(=O)CCCCCCCCCCCCCCCCCCCCC. The molecule has 0 radical (unpaired) electrons. The average Bonchev–Trinajstić information content (AvgIpc) is 3.37. The van der Waals surface area contributed by atoms with Crippen LogP contribution < -0.4 is 5.32 Å². The van der Waals surface area contributed by atoms with Crippen LogP contribution in [0.1, 0.15) is 367 Å². The molecule has 0 saturated carbocycles. The third-order valence-corrected chi connectivity index (χ3v) is 15.3. The van der Waals surface area contributed by atoms with Crippen molar-refractivity contribution in [1.29, 1.82) is 0 Å². The summed E-state index contributed by atoms with van der Waals surface area (Å²) >= 11 is 0. The molecule has 0 heterocycles. The van der Waals surface area contributed by atoms with Crippen LogP contribution >= 0.6 is 0 Å². The molecule has 1 amide bonds. The van der Waals surface area contributed by atoms with Gasteiger partial charge in [-0.25, -0.2) is 0 Å². The van der Waals surface area contributed by atoms with Crippen molar-refractivity contribution in [3.05, 3.63) is 12.2 Å². The van der Waals surface area contributed by atoms with Crippen molar-refractivity contribution in [2.75, 3.05) is 13.2 Å². The van der Waals surface area contributed by atoms with Crippen LogP contribution in [0.25, 0.3) is 0 Å². The first kappa shape index (κ1) is 69.6. The monoisotopic (exact) mass is 1000 g/mol. The number of unbranched alkanes of at least 4 members (excludes halogenated alkanes) is 50. The Morgan fingerprint density at radius 3 is 0.958 bits per heavy atom. The van der Waals surface area contributed by atoms with E-state index in [1.807, 2.05) is 6.08 Å². The van der Waals surface area contributed by atoms with Gasteiger partial charge in [-0.2, -0.15) is 0 Å². The molecule has 6 heteroatoms. The fourth-order valence-corrected chi connectivity index (χ4v) is 10.3. The summed E-state index contributed by atoms with van der Waals surface area (Å²) in [6.07, 6.45) is 74.0. The molecule has 0 fully saturated rings. The van der Waals surface area contributed by atoms with Gasteiger partial charge in [-0.3, -0.25) is 9.59 Å². The van der Waals surface area contributed by atoms with E-state index in [4.69, 9.17) is 4.74 Å². The summed E-state index contributed by atoms with van der Waals surface area (Å²) in [6.45, 7) is 4.92. The number of aliphatic hydroxyl groups is 2. The number of rotatable bonds is 61. The summed E-state index contributed by atoms with van der Waals surface area (Å²) in [4.78, 5) is 24.6. The molecule has 0 bridgehead atoms. The molecule has 0 aromatic carbocycles. The van der Waals surface area contributed by atoms with Gasteiger partial charge < -0.3 is 20.3 Å². The molecule has 3 N–H and O–H groups in total. The summed E-state index contributed by atoms with van der Waals surface area (Å²) in [5.74, 6) is -0.0769. The molecule has 71 heavy (non-hydrogen) atoms. The molecule has 0 aromatic rings. The normalized spacial score (nSPS) is 12.6. The van der Waals surface area contributed by atoms with Gasteiger partial charge in [0.25, 0.3) is 0 Å². The number of carbonyl (C=O) groups is 2. The highest BCUT2D eigenvalue weighted by Gasteiger charge is 2.18. The van der Waals surface area contributed by atoms with Crippen LogP contribution in [0.4, 0.5) is 0 Å². The molecule has 0 aliphatic rings. The van der Waals surface area contributed by atoms with Gasteiger partial charge in [0.15, 0.2) is 0 Å². The van der Waals surface area contributed by atoms with Gasteiger partial charge in [0, 0.05) is 12.8 Å². The zero-order valence-corrected chi connectivity index (χ0v) is 48.2. The van der Waals surface area contributed by atoms with Gasteiger partial charge in [-0.15, -0.1) is 0 Å². The number of nitrogens with one attached hydrogen (secondary N) is 1. The molecule has 2 atom stereocenters. The highest BCUT2D eigenvalue weighted by Crippen LogP contribution is 2.18. The van der Waals surface area contributed by atoms with Crippen molar-refractivity contribution in [3.63, 3.8) is 0 Å². The maximum atomic E-state index is 12.5. The lowest BCUT2D eigenvalue weighted by molar-refractivity contribution is -0.143. The van der Waals surface area contributed by atoms with Gasteiger partial charge >= 0.3 is 5.97 Å². The van der Waals surface area contributed by atoms with E-state index in [1.165, 1.54) is 283 Å².